The molecule has 0 atom stereocenters. The van der Waals surface area contributed by atoms with Crippen LogP contribution in [0.25, 0.3) is 5.57 Å². The molecule has 0 N–H and O–H groups in total. The molecule has 0 fully saturated rings. The molecule has 74 valence electrons. The lowest BCUT2D eigenvalue weighted by molar-refractivity contribution is -0.112. The fourth-order valence-electron chi connectivity index (χ4n) is 1.40. The fourth-order valence-corrected chi connectivity index (χ4v) is 1.40. The van der Waals surface area contributed by atoms with Gasteiger partial charge in [-0.25, -0.2) is 0 Å². The van der Waals surface area contributed by atoms with Gasteiger partial charge in [-0.2, -0.15) is 0 Å². The molecule has 0 aliphatic rings. The summed E-state index contributed by atoms with van der Waals surface area (Å²) in [6.45, 7) is 5.71. The molecule has 0 aliphatic carbocycles. The third-order valence-corrected chi connectivity index (χ3v) is 2.18. The van der Waals surface area contributed by atoms with Crippen LogP contribution in [0.15, 0.2) is 30.3 Å². The minimum absolute atomic E-state index is 0.113. The van der Waals surface area contributed by atoms with E-state index in [1.807, 2.05) is 0 Å². The van der Waals surface area contributed by atoms with Crippen LogP contribution in [0.5, 0.6) is 0 Å². The van der Waals surface area contributed by atoms with Crippen molar-refractivity contribution in [3.05, 3.63) is 41.5 Å². The molecule has 14 heavy (non-hydrogen) atoms. The van der Waals surface area contributed by atoms with Crippen molar-refractivity contribution in [1.82, 2.24) is 0 Å². The van der Waals surface area contributed by atoms with Gasteiger partial charge in [0.05, 0.1) is 0 Å². The van der Waals surface area contributed by atoms with Gasteiger partial charge in [0.2, 0.25) is 0 Å². The number of ketones is 1. The van der Waals surface area contributed by atoms with Gasteiger partial charge in [0.25, 0.3) is 0 Å². The van der Waals surface area contributed by atoms with Crippen LogP contribution in [-0.4, -0.2) is 5.78 Å². The summed E-state index contributed by atoms with van der Waals surface area (Å²) < 4.78 is 0. The van der Waals surface area contributed by atoms with Crippen LogP contribution in [0.3, 0.4) is 0 Å². The second-order valence-corrected chi connectivity index (χ2v) is 3.50. The van der Waals surface area contributed by atoms with Crippen molar-refractivity contribution < 1.29 is 4.79 Å². The number of aryl methyl sites for hydroxylation is 1. The first-order valence-corrected chi connectivity index (χ1v) is 4.91. The molecule has 1 aromatic rings. The van der Waals surface area contributed by atoms with Crippen molar-refractivity contribution in [2.45, 2.75) is 27.2 Å². The normalized spacial score (nSPS) is 11.5. The summed E-state index contributed by atoms with van der Waals surface area (Å²) in [5.74, 6) is 0.113. The number of carbonyl (C=O) groups excluding carboxylic acids is 1. The fraction of sp³-hybridized carbons (Fsp3) is 0.308. The van der Waals surface area contributed by atoms with Crippen molar-refractivity contribution in [3.8, 4) is 0 Å². The van der Waals surface area contributed by atoms with Gasteiger partial charge >= 0.3 is 0 Å². The molecular weight excluding hydrogens is 172 g/mol. The number of benzene rings is 1. The quantitative estimate of drug-likeness (QED) is 0.664. The number of carbonyl (C=O) groups is 1. The molecule has 1 rings (SSSR count). The predicted molar refractivity (Wildman–Crippen MR) is 60.1 cm³/mol. The Balaban J connectivity index is 3.01. The highest BCUT2D eigenvalue weighted by atomic mass is 16.1. The average Bonchev–Trinajstić information content (AvgIpc) is 2.15. The zero-order valence-corrected chi connectivity index (χ0v) is 9.00. The Morgan fingerprint density at radius 3 is 2.29 bits per heavy atom. The molecule has 1 nitrogen and oxygen atoms in total. The van der Waals surface area contributed by atoms with Gasteiger partial charge in [-0.3, -0.25) is 4.79 Å². The first-order valence-electron chi connectivity index (χ1n) is 4.91. The van der Waals surface area contributed by atoms with Crippen molar-refractivity contribution in [1.29, 1.82) is 0 Å². The van der Waals surface area contributed by atoms with Crippen molar-refractivity contribution in [3.63, 3.8) is 0 Å². The third-order valence-electron chi connectivity index (χ3n) is 2.18. The van der Waals surface area contributed by atoms with Gasteiger partial charge in [-0.1, -0.05) is 36.8 Å². The van der Waals surface area contributed by atoms with E-state index in [2.05, 4.69) is 38.1 Å². The van der Waals surface area contributed by atoms with Crippen LogP contribution in [0.4, 0.5) is 0 Å². The lowest BCUT2D eigenvalue weighted by Gasteiger charge is -2.04. The predicted octanol–water partition coefficient (Wildman–Crippen LogP) is 3.38. The highest BCUT2D eigenvalue weighted by molar-refractivity contribution is 5.95. The maximum atomic E-state index is 11.0. The topological polar surface area (TPSA) is 17.1 Å². The van der Waals surface area contributed by atoms with Crippen molar-refractivity contribution in [2.24, 2.45) is 0 Å². The lowest BCUT2D eigenvalue weighted by atomic mass is 10.0. The molecule has 0 saturated heterocycles. The minimum Gasteiger partial charge on any atom is -0.295 e. The first kappa shape index (κ1) is 10.7. The molecule has 0 unspecified atom stereocenters. The number of hydrogen-bond donors (Lipinski definition) is 0. The third kappa shape index (κ3) is 2.84. The summed E-state index contributed by atoms with van der Waals surface area (Å²) in [5.41, 5.74) is 3.50. The molecule has 0 radical (unpaired) electrons. The molecule has 0 bridgehead atoms. The zero-order valence-electron chi connectivity index (χ0n) is 9.00. The Morgan fingerprint density at radius 2 is 1.86 bits per heavy atom. The zero-order chi connectivity index (χ0) is 10.6. The van der Waals surface area contributed by atoms with E-state index in [4.69, 9.17) is 0 Å². The van der Waals surface area contributed by atoms with E-state index in [-0.39, 0.29) is 5.78 Å². The van der Waals surface area contributed by atoms with Crippen molar-refractivity contribution >= 4 is 11.4 Å². The molecule has 1 heteroatoms. The van der Waals surface area contributed by atoms with E-state index in [0.717, 1.165) is 17.6 Å². The van der Waals surface area contributed by atoms with Crippen LogP contribution in [0, 0.1) is 6.92 Å². The Bertz CT molecular complexity index is 344. The number of allylic oxidation sites excluding steroid dienone is 2. The van der Waals surface area contributed by atoms with Gasteiger partial charge in [0.1, 0.15) is 0 Å². The Hall–Kier alpha value is -1.37. The summed E-state index contributed by atoms with van der Waals surface area (Å²) in [5, 5.41) is 0. The van der Waals surface area contributed by atoms with Crippen molar-refractivity contribution in [2.75, 3.05) is 0 Å². The molecular formula is C13H16O. The van der Waals surface area contributed by atoms with Gasteiger partial charge in [0, 0.05) is 0 Å². The van der Waals surface area contributed by atoms with E-state index in [0.29, 0.717) is 0 Å². The Morgan fingerprint density at radius 1 is 1.29 bits per heavy atom. The minimum atomic E-state index is 0.113. The summed E-state index contributed by atoms with van der Waals surface area (Å²) in [4.78, 5) is 11.0. The molecule has 0 saturated carbocycles. The van der Waals surface area contributed by atoms with Crippen LogP contribution < -0.4 is 0 Å². The Labute approximate surface area is 85.5 Å². The van der Waals surface area contributed by atoms with E-state index in [9.17, 15) is 4.79 Å². The molecule has 0 aromatic heterocycles. The molecule has 0 amide bonds. The van der Waals surface area contributed by atoms with Gasteiger partial charge in [-0.05, 0) is 37.5 Å². The maximum Gasteiger partial charge on any atom is 0.152 e. The van der Waals surface area contributed by atoms with Gasteiger partial charge < -0.3 is 0 Å². The van der Waals surface area contributed by atoms with E-state index in [1.54, 1.807) is 13.0 Å². The van der Waals surface area contributed by atoms with E-state index < -0.39 is 0 Å². The van der Waals surface area contributed by atoms with E-state index in [1.165, 1.54) is 5.56 Å². The summed E-state index contributed by atoms with van der Waals surface area (Å²) in [6.07, 6.45) is 2.60. The second kappa shape index (κ2) is 4.75. The average molecular weight is 188 g/mol. The summed E-state index contributed by atoms with van der Waals surface area (Å²) >= 11 is 0. The van der Waals surface area contributed by atoms with Gasteiger partial charge in [0.15, 0.2) is 5.78 Å². The highest BCUT2D eigenvalue weighted by Crippen LogP contribution is 2.18. The number of rotatable bonds is 3. The van der Waals surface area contributed by atoms with Gasteiger partial charge in [-0.15, -0.1) is 0 Å². The molecule has 0 spiro atoms. The monoisotopic (exact) mass is 188 g/mol. The second-order valence-electron chi connectivity index (χ2n) is 3.50. The Kier molecular flexibility index (Phi) is 3.63. The van der Waals surface area contributed by atoms with Crippen LogP contribution >= 0.6 is 0 Å². The molecule has 0 heterocycles. The smallest absolute Gasteiger partial charge is 0.152 e. The summed E-state index contributed by atoms with van der Waals surface area (Å²) in [6, 6.07) is 8.26. The standard InChI is InChI=1S/C13H16O/c1-4-12(9-11(3)14)13-7-5-10(2)6-8-13/h5-9H,4H2,1-3H3/b12-9-. The SMILES string of the molecule is CC/C(=C/C(C)=O)c1ccc(C)cc1. The van der Waals surface area contributed by atoms with E-state index >= 15 is 0 Å². The maximum absolute atomic E-state index is 11.0. The van der Waals surface area contributed by atoms with Crippen LogP contribution in [-0.2, 0) is 4.79 Å². The van der Waals surface area contributed by atoms with Crippen LogP contribution in [0.2, 0.25) is 0 Å². The highest BCUT2D eigenvalue weighted by Gasteiger charge is 1.99. The number of hydrogen-bond acceptors (Lipinski definition) is 1. The lowest BCUT2D eigenvalue weighted by Crippen LogP contribution is -1.88. The largest absolute Gasteiger partial charge is 0.295 e. The molecule has 0 aliphatic heterocycles. The summed E-state index contributed by atoms with van der Waals surface area (Å²) in [7, 11) is 0. The van der Waals surface area contributed by atoms with Crippen LogP contribution in [0.1, 0.15) is 31.4 Å². The molecule has 1 aromatic carbocycles. The first-order chi connectivity index (χ1) is 6.63.